The number of nitrogens with two attached hydrogens (primary N) is 1. The molecule has 4 aromatic rings. The maximum Gasteiger partial charge on any atom is 1.00 e. The summed E-state index contributed by atoms with van der Waals surface area (Å²) >= 11 is 0. The number of hydrogen-bond acceptors (Lipinski definition) is 19. The maximum atomic E-state index is 13.6. The number of nitrogen functional groups attached to an aromatic ring is 1. The molecule has 1 aromatic heterocycles. The van der Waals surface area contributed by atoms with Gasteiger partial charge in [0.25, 0.3) is 13.7 Å². The first-order valence-corrected chi connectivity index (χ1v) is 20.3. The summed E-state index contributed by atoms with van der Waals surface area (Å²) in [5.41, 5.74) is 3.05. The van der Waals surface area contributed by atoms with Crippen molar-refractivity contribution in [3.63, 3.8) is 0 Å². The van der Waals surface area contributed by atoms with Crippen molar-refractivity contribution in [2.45, 2.75) is 30.4 Å². The van der Waals surface area contributed by atoms with Crippen LogP contribution in [0.15, 0.2) is 105 Å². The van der Waals surface area contributed by atoms with Gasteiger partial charge in [-0.1, -0.05) is 30.3 Å². The molecular formula is C37H27N4Na5O17P2. The zero-order valence-corrected chi connectivity index (χ0v) is 46.9. The predicted molar refractivity (Wildman–Crippen MR) is 197 cm³/mol. The molecule has 0 spiro atoms. The summed E-state index contributed by atoms with van der Waals surface area (Å²) in [7, 11) is -11.8. The molecule has 28 heteroatoms. The normalized spacial score (nSPS) is 18.0. The molecule has 5 N–H and O–H groups in total. The molecule has 65 heavy (non-hydrogen) atoms. The molecule has 0 saturated carbocycles. The van der Waals surface area contributed by atoms with Gasteiger partial charge < -0.3 is 73.7 Å². The molecule has 6 atom stereocenters. The van der Waals surface area contributed by atoms with E-state index in [4.69, 9.17) is 19.4 Å². The van der Waals surface area contributed by atoms with E-state index < -0.39 is 86.7 Å². The number of hydrogen-bond donors (Lipinski definition) is 4. The van der Waals surface area contributed by atoms with Gasteiger partial charge in [-0.2, -0.15) is 4.98 Å². The Kier molecular flexibility index (Phi) is 22.8. The van der Waals surface area contributed by atoms with Gasteiger partial charge in [-0.15, -0.1) is 5.75 Å². The number of amides is 1. The molecule has 312 valence electrons. The van der Waals surface area contributed by atoms with E-state index in [9.17, 15) is 63.4 Å². The fourth-order valence-electron chi connectivity index (χ4n) is 6.52. The second-order valence-electron chi connectivity index (χ2n) is 13.2. The number of nitrogens with one attached hydrogen (secondary N) is 1. The number of carboxylic acids is 1. The van der Waals surface area contributed by atoms with E-state index in [0.29, 0.717) is 0 Å². The van der Waals surface area contributed by atoms with Crippen molar-refractivity contribution >= 4 is 49.8 Å². The van der Waals surface area contributed by atoms with Crippen LogP contribution >= 0.6 is 15.4 Å². The van der Waals surface area contributed by atoms with Crippen LogP contribution in [0.3, 0.4) is 0 Å². The third-order valence-electron chi connectivity index (χ3n) is 9.24. The van der Waals surface area contributed by atoms with E-state index in [1.807, 2.05) is 0 Å². The van der Waals surface area contributed by atoms with Gasteiger partial charge in [0, 0.05) is 45.6 Å². The van der Waals surface area contributed by atoms with Crippen LogP contribution in [-0.2, 0) is 22.9 Å². The molecule has 0 radical (unpaired) electrons. The van der Waals surface area contributed by atoms with E-state index in [1.165, 1.54) is 42.5 Å². The van der Waals surface area contributed by atoms with Crippen molar-refractivity contribution in [1.29, 1.82) is 0 Å². The molecule has 0 bridgehead atoms. The number of rotatable bonds is 12. The molecule has 3 aromatic carbocycles. The van der Waals surface area contributed by atoms with Gasteiger partial charge in [0.2, 0.25) is 0 Å². The van der Waals surface area contributed by atoms with Crippen molar-refractivity contribution in [1.82, 2.24) is 9.55 Å². The van der Waals surface area contributed by atoms with Crippen LogP contribution in [0, 0.1) is 0 Å². The number of aromatic nitrogens is 2. The number of aliphatic hydroxyl groups excluding tert-OH is 2. The number of ether oxygens (including phenoxy) is 1. The van der Waals surface area contributed by atoms with Gasteiger partial charge in [0.1, 0.15) is 41.3 Å². The van der Waals surface area contributed by atoms with Gasteiger partial charge in [-0.05, 0) is 67.3 Å². The number of carbonyl (C=O) groups is 2. The fourth-order valence-corrected chi connectivity index (χ4v) is 8.61. The summed E-state index contributed by atoms with van der Waals surface area (Å²) in [5, 5.41) is 48.1. The first-order valence-electron chi connectivity index (χ1n) is 17.3. The Morgan fingerprint density at radius 3 is 2.26 bits per heavy atom. The average molecular weight is 977 g/mol. The number of anilines is 2. The van der Waals surface area contributed by atoms with Crippen LogP contribution in [0.25, 0.3) is 33.4 Å². The molecule has 1 fully saturated rings. The Hall–Kier alpha value is -1.09. The molecule has 1 unspecified atom stereocenters. The topological polar surface area (TPSA) is 355 Å². The molecule has 1 aliphatic carbocycles. The molecule has 3 heterocycles. The number of phosphoric acid groups is 1. The van der Waals surface area contributed by atoms with Crippen LogP contribution in [0.4, 0.5) is 11.5 Å². The minimum atomic E-state index is -6.01. The molecule has 21 nitrogen and oxygen atoms in total. The van der Waals surface area contributed by atoms with Crippen LogP contribution < -0.4 is 195 Å². The van der Waals surface area contributed by atoms with Crippen LogP contribution in [0.2, 0.25) is 0 Å². The summed E-state index contributed by atoms with van der Waals surface area (Å²) in [6, 6.07) is 16.3. The standard InChI is InChI=1S/C37H32N4O17P2.5Na/c38-29-10-11-41(37(49)40-29)34-32(45)31(44)28(57-34)16-55-60(53,54)58-36(59(50,51)52)18-2-1-3-19(12-18)39-33(46)17-4-7-22(35(47)48)25(13-17)30-23-8-5-20(42)14-26(23)56-27-15-21(43)6-9-24(27)30;;;;;/h1-15,28,31-32,34,36,42,44-45H,16H2,(H,39,46)(H,47,48)(H,53,54)(H2,38,40,49)(H2,50,51,52);;;;;/q;5*+1/p-5/t28-,31-,32-,34-,36-;;;;;/m1...../s1. The number of aliphatic hydroxyl groups is 2. The van der Waals surface area contributed by atoms with Gasteiger partial charge in [0.05, 0.1) is 12.6 Å². The summed E-state index contributed by atoms with van der Waals surface area (Å²) in [4.78, 5) is 91.4. The van der Waals surface area contributed by atoms with Gasteiger partial charge in [-0.3, -0.25) is 18.7 Å². The van der Waals surface area contributed by atoms with E-state index in [-0.39, 0.29) is 204 Å². The molecular weight excluding hydrogens is 949 g/mol. The summed E-state index contributed by atoms with van der Waals surface area (Å²) in [6.07, 6.45) is -5.73. The van der Waals surface area contributed by atoms with Crippen LogP contribution in [0.5, 0.6) is 5.75 Å². The van der Waals surface area contributed by atoms with Crippen molar-refractivity contribution < 1.29 is 220 Å². The second-order valence-corrected chi connectivity index (χ2v) is 16.2. The second kappa shape index (κ2) is 24.6. The monoisotopic (exact) mass is 976 g/mol. The van der Waals surface area contributed by atoms with Gasteiger partial charge in [-0.25, -0.2) is 4.79 Å². The SMILES string of the molecule is Nc1ccn([C@@H]2O[C@H](COP(=O)([O-])O[C@@H](c3cccc(NC(=O)c4ccc(C(=O)[O-])c(-c5c6ccc(=O)cc-6oc6cc([O-])ccc56)c4)c3)P(=O)([O-])[O-])[C@@H](O)[C@H]2O)c(=O)n1.[Na+].[Na+].[Na+].[Na+].[Na+]. The van der Waals surface area contributed by atoms with Gasteiger partial charge in [0.15, 0.2) is 11.7 Å². The first-order chi connectivity index (χ1) is 28.3. The smallest absolute Gasteiger partial charge is 0.872 e. The van der Waals surface area contributed by atoms with E-state index >= 15 is 0 Å². The minimum absolute atomic E-state index is 0. The number of carbonyl (C=O) groups excluding carboxylic acids is 2. The number of aromatic carboxylic acids is 1. The van der Waals surface area contributed by atoms with Crippen molar-refractivity contribution in [2.75, 3.05) is 17.7 Å². The number of benzene rings is 4. The Morgan fingerprint density at radius 1 is 0.892 bits per heavy atom. The van der Waals surface area contributed by atoms with Gasteiger partial charge >= 0.3 is 153 Å². The van der Waals surface area contributed by atoms with E-state index in [2.05, 4.69) is 14.8 Å². The largest absolute Gasteiger partial charge is 1.00 e. The molecule has 3 aliphatic rings. The fraction of sp³-hybridized carbons (Fsp3) is 0.162. The maximum absolute atomic E-state index is 13.6. The van der Waals surface area contributed by atoms with E-state index in [1.54, 1.807) is 0 Å². The molecule has 2 aliphatic heterocycles. The molecule has 7 rings (SSSR count). The number of phosphoric ester groups is 1. The Labute approximate surface area is 477 Å². The number of carboxylic acid groups (broad SMARTS) is 1. The van der Waals surface area contributed by atoms with Crippen molar-refractivity contribution in [3.8, 4) is 28.2 Å². The summed E-state index contributed by atoms with van der Waals surface area (Å²) < 4.78 is 46.6. The number of fused-ring (bicyclic) bond motifs is 2. The zero-order valence-electron chi connectivity index (χ0n) is 35.1. The summed E-state index contributed by atoms with van der Waals surface area (Å²) in [5.74, 6) is -5.90. The third-order valence-corrected chi connectivity index (χ3v) is 11.3. The van der Waals surface area contributed by atoms with E-state index in [0.717, 1.165) is 53.2 Å². The Bertz CT molecular complexity index is 2890. The first kappa shape index (κ1) is 60.0. The summed E-state index contributed by atoms with van der Waals surface area (Å²) in [6.45, 7) is -1.08. The minimum Gasteiger partial charge on any atom is -0.872 e. The molecule has 1 saturated heterocycles. The van der Waals surface area contributed by atoms with Crippen LogP contribution in [-0.4, -0.2) is 56.6 Å². The Morgan fingerprint density at radius 2 is 1.60 bits per heavy atom. The predicted octanol–water partition coefficient (Wildman–Crippen LogP) is -15.9. The third kappa shape index (κ3) is 13.8. The average Bonchev–Trinajstić information content (AvgIpc) is 3.46. The zero-order chi connectivity index (χ0) is 43.3. The quantitative estimate of drug-likeness (QED) is 0.0502. The van der Waals surface area contributed by atoms with Crippen molar-refractivity contribution in [2.24, 2.45) is 0 Å². The molecule has 1 amide bonds. The van der Waals surface area contributed by atoms with Crippen LogP contribution in [0.1, 0.15) is 38.4 Å². The number of nitrogens with zero attached hydrogens (tertiary/aromatic N) is 2. The Balaban J connectivity index is 0.00000290. The van der Waals surface area contributed by atoms with Crippen molar-refractivity contribution in [3.05, 3.63) is 129 Å².